The highest BCUT2D eigenvalue weighted by Gasteiger charge is 2.10. The Morgan fingerprint density at radius 2 is 1.71 bits per heavy atom. The standard InChI is InChI=1S/C18H15FN4O2S3/c1-11(24)20-13-4-6-14(7-5-13)21-16(25)10-27-17-22-23(18(26)28-17)15-8-2-12(19)3-9-15/h2-9H,10H2,1H3,(H,20,24)(H,21,25). The molecular weight excluding hydrogens is 419 g/mol. The van der Waals surface area contributed by atoms with Crippen molar-refractivity contribution < 1.29 is 14.0 Å². The van der Waals surface area contributed by atoms with Gasteiger partial charge in [0.15, 0.2) is 8.29 Å². The van der Waals surface area contributed by atoms with Gasteiger partial charge in [-0.1, -0.05) is 23.1 Å². The lowest BCUT2D eigenvalue weighted by Crippen LogP contribution is -2.14. The van der Waals surface area contributed by atoms with E-state index in [4.69, 9.17) is 12.2 Å². The molecule has 0 saturated carbocycles. The molecule has 6 nitrogen and oxygen atoms in total. The van der Waals surface area contributed by atoms with Gasteiger partial charge in [-0.3, -0.25) is 9.59 Å². The van der Waals surface area contributed by atoms with Gasteiger partial charge in [-0.05, 0) is 60.7 Å². The monoisotopic (exact) mass is 434 g/mol. The molecule has 3 rings (SSSR count). The summed E-state index contributed by atoms with van der Waals surface area (Å²) in [4.78, 5) is 23.2. The number of benzene rings is 2. The number of anilines is 2. The Balaban J connectivity index is 1.57. The summed E-state index contributed by atoms with van der Waals surface area (Å²) in [6.45, 7) is 1.43. The molecular formula is C18H15FN4O2S3. The summed E-state index contributed by atoms with van der Waals surface area (Å²) in [6.07, 6.45) is 0. The van der Waals surface area contributed by atoms with Crippen molar-refractivity contribution in [3.8, 4) is 5.69 Å². The van der Waals surface area contributed by atoms with Gasteiger partial charge in [0, 0.05) is 18.3 Å². The number of halogens is 1. The Hall–Kier alpha value is -2.56. The minimum absolute atomic E-state index is 0.157. The van der Waals surface area contributed by atoms with Crippen LogP contribution in [0.1, 0.15) is 6.92 Å². The summed E-state index contributed by atoms with van der Waals surface area (Å²) < 4.78 is 15.8. The number of thioether (sulfide) groups is 1. The molecule has 0 saturated heterocycles. The van der Waals surface area contributed by atoms with Gasteiger partial charge in [0.05, 0.1) is 11.4 Å². The molecule has 3 aromatic rings. The van der Waals surface area contributed by atoms with Crippen LogP contribution in [-0.4, -0.2) is 27.3 Å². The van der Waals surface area contributed by atoms with E-state index in [-0.39, 0.29) is 23.4 Å². The normalized spacial score (nSPS) is 10.5. The molecule has 0 aliphatic carbocycles. The predicted molar refractivity (Wildman–Crippen MR) is 112 cm³/mol. The third kappa shape index (κ3) is 5.47. The zero-order valence-corrected chi connectivity index (χ0v) is 17.1. The lowest BCUT2D eigenvalue weighted by molar-refractivity contribution is -0.114. The molecule has 0 fully saturated rings. The lowest BCUT2D eigenvalue weighted by Gasteiger charge is -2.06. The Morgan fingerprint density at radius 1 is 1.11 bits per heavy atom. The van der Waals surface area contributed by atoms with Gasteiger partial charge in [0.25, 0.3) is 0 Å². The molecule has 0 bridgehead atoms. The van der Waals surface area contributed by atoms with Crippen molar-refractivity contribution in [2.24, 2.45) is 0 Å². The van der Waals surface area contributed by atoms with Gasteiger partial charge < -0.3 is 10.6 Å². The first-order chi connectivity index (χ1) is 13.4. The van der Waals surface area contributed by atoms with Crippen LogP contribution in [0, 0.1) is 9.77 Å². The van der Waals surface area contributed by atoms with Gasteiger partial charge >= 0.3 is 0 Å². The van der Waals surface area contributed by atoms with E-state index in [2.05, 4.69) is 15.7 Å². The van der Waals surface area contributed by atoms with Crippen molar-refractivity contribution in [2.45, 2.75) is 11.3 Å². The van der Waals surface area contributed by atoms with Gasteiger partial charge in [-0.25, -0.2) is 9.07 Å². The number of carbonyl (C=O) groups is 2. The number of aromatic nitrogens is 2. The summed E-state index contributed by atoms with van der Waals surface area (Å²) in [5, 5.41) is 9.82. The summed E-state index contributed by atoms with van der Waals surface area (Å²) in [7, 11) is 0. The number of hydrogen-bond acceptors (Lipinski definition) is 6. The second kappa shape index (κ2) is 9.09. The van der Waals surface area contributed by atoms with E-state index in [1.165, 1.54) is 42.2 Å². The van der Waals surface area contributed by atoms with Crippen LogP contribution in [0.2, 0.25) is 0 Å². The highest BCUT2D eigenvalue weighted by atomic mass is 32.2. The second-order valence-corrected chi connectivity index (χ2v) is 8.46. The molecule has 0 aliphatic heterocycles. The number of nitrogens with one attached hydrogen (secondary N) is 2. The van der Waals surface area contributed by atoms with Crippen LogP contribution < -0.4 is 10.6 Å². The summed E-state index contributed by atoms with van der Waals surface area (Å²) in [6, 6.07) is 12.7. The van der Waals surface area contributed by atoms with Gasteiger partial charge in [0.1, 0.15) is 5.82 Å². The van der Waals surface area contributed by atoms with E-state index in [1.54, 1.807) is 41.1 Å². The molecule has 0 atom stereocenters. The van der Waals surface area contributed by atoms with Crippen LogP contribution >= 0.6 is 35.3 Å². The molecule has 10 heteroatoms. The van der Waals surface area contributed by atoms with Crippen LogP contribution in [0.3, 0.4) is 0 Å². The maximum Gasteiger partial charge on any atom is 0.234 e. The highest BCUT2D eigenvalue weighted by Crippen LogP contribution is 2.24. The van der Waals surface area contributed by atoms with E-state index >= 15 is 0 Å². The third-order valence-corrected chi connectivity index (χ3v) is 5.78. The summed E-state index contributed by atoms with van der Waals surface area (Å²) >= 11 is 7.85. The Morgan fingerprint density at radius 3 is 2.32 bits per heavy atom. The van der Waals surface area contributed by atoms with Crippen molar-refractivity contribution in [1.29, 1.82) is 0 Å². The van der Waals surface area contributed by atoms with Crippen molar-refractivity contribution in [3.63, 3.8) is 0 Å². The maximum atomic E-state index is 13.1. The zero-order valence-electron chi connectivity index (χ0n) is 14.6. The Kier molecular flexibility index (Phi) is 6.55. The van der Waals surface area contributed by atoms with E-state index in [9.17, 15) is 14.0 Å². The fourth-order valence-corrected chi connectivity index (χ4v) is 4.39. The molecule has 2 aromatic carbocycles. The molecule has 1 aromatic heterocycles. The van der Waals surface area contributed by atoms with Gasteiger partial charge in [0.2, 0.25) is 11.8 Å². The molecule has 0 aliphatic rings. The van der Waals surface area contributed by atoms with Gasteiger partial charge in [-0.2, -0.15) is 0 Å². The second-order valence-electron chi connectivity index (χ2n) is 5.62. The fraction of sp³-hybridized carbons (Fsp3) is 0.111. The average Bonchev–Trinajstić information content (AvgIpc) is 3.03. The first-order valence-electron chi connectivity index (χ1n) is 8.07. The van der Waals surface area contributed by atoms with Gasteiger partial charge in [-0.15, -0.1) is 5.10 Å². The van der Waals surface area contributed by atoms with Crippen LogP contribution in [0.4, 0.5) is 15.8 Å². The van der Waals surface area contributed by atoms with Crippen molar-refractivity contribution in [2.75, 3.05) is 16.4 Å². The van der Waals surface area contributed by atoms with Crippen LogP contribution in [-0.2, 0) is 9.59 Å². The van der Waals surface area contributed by atoms with Crippen molar-refractivity contribution in [1.82, 2.24) is 9.78 Å². The van der Waals surface area contributed by atoms with E-state index in [0.717, 1.165) is 0 Å². The largest absolute Gasteiger partial charge is 0.326 e. The number of hydrogen-bond donors (Lipinski definition) is 2. The quantitative estimate of drug-likeness (QED) is 0.442. The fourth-order valence-electron chi connectivity index (χ4n) is 2.23. The number of carbonyl (C=O) groups excluding carboxylic acids is 2. The van der Waals surface area contributed by atoms with Crippen LogP contribution in [0.15, 0.2) is 52.9 Å². The average molecular weight is 435 g/mol. The maximum absolute atomic E-state index is 13.1. The predicted octanol–water partition coefficient (Wildman–Crippen LogP) is 4.49. The van der Waals surface area contributed by atoms with E-state index in [0.29, 0.717) is 25.4 Å². The number of rotatable bonds is 6. The molecule has 2 amide bonds. The topological polar surface area (TPSA) is 76.0 Å². The minimum Gasteiger partial charge on any atom is -0.326 e. The summed E-state index contributed by atoms with van der Waals surface area (Å²) in [5.74, 6) is -0.511. The number of nitrogens with zero attached hydrogens (tertiary/aromatic N) is 2. The smallest absolute Gasteiger partial charge is 0.234 e. The first-order valence-corrected chi connectivity index (χ1v) is 10.3. The van der Waals surface area contributed by atoms with Crippen molar-refractivity contribution in [3.05, 3.63) is 58.3 Å². The third-order valence-electron chi connectivity index (χ3n) is 3.42. The number of amides is 2. The molecule has 0 radical (unpaired) electrons. The molecule has 2 N–H and O–H groups in total. The first kappa shape index (κ1) is 20.2. The van der Waals surface area contributed by atoms with Crippen LogP contribution in [0.25, 0.3) is 5.69 Å². The van der Waals surface area contributed by atoms with Crippen molar-refractivity contribution >= 4 is 58.5 Å². The highest BCUT2D eigenvalue weighted by molar-refractivity contribution is 8.01. The van der Waals surface area contributed by atoms with E-state index in [1.807, 2.05) is 0 Å². The lowest BCUT2D eigenvalue weighted by atomic mass is 10.3. The molecule has 28 heavy (non-hydrogen) atoms. The molecule has 144 valence electrons. The molecule has 0 spiro atoms. The zero-order chi connectivity index (χ0) is 20.1. The Labute approximate surface area is 173 Å². The summed E-state index contributed by atoms with van der Waals surface area (Å²) in [5.41, 5.74) is 1.95. The molecule has 0 unspecified atom stereocenters. The molecule has 1 heterocycles. The minimum atomic E-state index is -0.332. The van der Waals surface area contributed by atoms with Crippen LogP contribution in [0.5, 0.6) is 0 Å². The SMILES string of the molecule is CC(=O)Nc1ccc(NC(=O)CSc2nn(-c3ccc(F)cc3)c(=S)s2)cc1. The van der Waals surface area contributed by atoms with E-state index < -0.39 is 0 Å². The Bertz CT molecular complexity index is 1050.